The SMILES string of the molecule is C[C@H]1CN(c2c(F)c(S(=O)(=O)NC3(CO)CC3)cn3c(-c4nnc(C(F)F)s4)ncc23)C[C@@H]2COCCN21. The number of morpholine rings is 1. The van der Waals surface area contributed by atoms with Crippen molar-refractivity contribution in [3.05, 3.63) is 23.2 Å². The molecule has 2 aliphatic heterocycles. The number of aliphatic hydroxyl groups is 1. The summed E-state index contributed by atoms with van der Waals surface area (Å²) in [5.74, 6) is -0.883. The van der Waals surface area contributed by atoms with Crippen LogP contribution < -0.4 is 9.62 Å². The molecule has 5 heterocycles. The van der Waals surface area contributed by atoms with Gasteiger partial charge in [0.2, 0.25) is 10.0 Å². The van der Waals surface area contributed by atoms with E-state index in [-0.39, 0.29) is 34.1 Å². The molecule has 206 valence electrons. The number of nitrogens with one attached hydrogen (secondary N) is 1. The molecule has 0 bridgehead atoms. The van der Waals surface area contributed by atoms with Crippen LogP contribution in [0, 0.1) is 5.82 Å². The van der Waals surface area contributed by atoms with E-state index in [0.29, 0.717) is 50.5 Å². The number of imidazole rings is 1. The number of nitrogens with zero attached hydrogens (tertiary/aromatic N) is 6. The normalized spacial score (nSPS) is 23.8. The molecule has 6 rings (SSSR count). The average molecular weight is 574 g/mol. The van der Waals surface area contributed by atoms with Crippen molar-refractivity contribution in [3.8, 4) is 10.8 Å². The van der Waals surface area contributed by atoms with Crippen LogP contribution in [0.5, 0.6) is 0 Å². The van der Waals surface area contributed by atoms with Gasteiger partial charge in [0.15, 0.2) is 21.7 Å². The molecular weight excluding hydrogens is 547 g/mol. The van der Waals surface area contributed by atoms with Crippen molar-refractivity contribution >= 4 is 32.6 Å². The van der Waals surface area contributed by atoms with Crippen molar-refractivity contribution in [2.75, 3.05) is 44.4 Å². The Labute approximate surface area is 220 Å². The number of sulfonamides is 1. The van der Waals surface area contributed by atoms with Crippen LogP contribution in [-0.4, -0.2) is 95.1 Å². The summed E-state index contributed by atoms with van der Waals surface area (Å²) in [6.45, 7) is 4.25. The Bertz CT molecular complexity index is 1480. The molecule has 2 atom stereocenters. The van der Waals surface area contributed by atoms with E-state index < -0.39 is 44.3 Å². The lowest BCUT2D eigenvalue weighted by molar-refractivity contribution is -0.0318. The average Bonchev–Trinajstić information content (AvgIpc) is 3.26. The molecule has 2 saturated heterocycles. The molecule has 16 heteroatoms. The number of alkyl halides is 2. The summed E-state index contributed by atoms with van der Waals surface area (Å²) in [5.41, 5.74) is -0.717. The van der Waals surface area contributed by atoms with Crippen molar-refractivity contribution < 1.29 is 31.4 Å². The Morgan fingerprint density at radius 3 is 2.79 bits per heavy atom. The minimum Gasteiger partial charge on any atom is -0.394 e. The van der Waals surface area contributed by atoms with Crippen LogP contribution >= 0.6 is 11.3 Å². The van der Waals surface area contributed by atoms with E-state index in [4.69, 9.17) is 4.74 Å². The van der Waals surface area contributed by atoms with Gasteiger partial charge in [-0.1, -0.05) is 11.3 Å². The van der Waals surface area contributed by atoms with Crippen molar-refractivity contribution in [2.24, 2.45) is 0 Å². The van der Waals surface area contributed by atoms with Gasteiger partial charge in [0.1, 0.15) is 10.6 Å². The number of piperazine rings is 1. The van der Waals surface area contributed by atoms with Gasteiger partial charge in [-0.2, -0.15) is 0 Å². The molecular formula is C22H26F3N7O4S2. The summed E-state index contributed by atoms with van der Waals surface area (Å²) in [7, 11) is -4.42. The third-order valence-corrected chi connectivity index (χ3v) is 9.89. The number of hydrogen-bond acceptors (Lipinski definition) is 10. The Kier molecular flexibility index (Phi) is 6.39. The molecule has 3 aromatic heterocycles. The summed E-state index contributed by atoms with van der Waals surface area (Å²) in [4.78, 5) is 7.76. The predicted octanol–water partition coefficient (Wildman–Crippen LogP) is 1.64. The number of halogens is 3. The summed E-state index contributed by atoms with van der Waals surface area (Å²) < 4.78 is 79.0. The molecule has 0 spiro atoms. The Morgan fingerprint density at radius 1 is 1.32 bits per heavy atom. The number of ether oxygens (including phenoxy) is 1. The minimum absolute atomic E-state index is 0.0198. The van der Waals surface area contributed by atoms with E-state index >= 15 is 4.39 Å². The third-order valence-electron chi connectivity index (χ3n) is 7.40. The quantitative estimate of drug-likeness (QED) is 0.434. The summed E-state index contributed by atoms with van der Waals surface area (Å²) in [5, 5.41) is 16.5. The van der Waals surface area contributed by atoms with Gasteiger partial charge in [0.05, 0.1) is 43.1 Å². The number of pyridine rings is 1. The maximum absolute atomic E-state index is 16.3. The first-order valence-electron chi connectivity index (χ1n) is 12.2. The molecule has 2 N–H and O–H groups in total. The number of fused-ring (bicyclic) bond motifs is 2. The van der Waals surface area contributed by atoms with Gasteiger partial charge in [-0.25, -0.2) is 31.3 Å². The zero-order valence-electron chi connectivity index (χ0n) is 20.3. The zero-order valence-corrected chi connectivity index (χ0v) is 22.0. The van der Waals surface area contributed by atoms with E-state index in [1.165, 1.54) is 10.6 Å². The molecule has 11 nitrogen and oxygen atoms in total. The highest BCUT2D eigenvalue weighted by Gasteiger charge is 2.47. The Morgan fingerprint density at radius 2 is 2.11 bits per heavy atom. The maximum atomic E-state index is 16.3. The van der Waals surface area contributed by atoms with E-state index in [1.807, 2.05) is 6.92 Å². The first kappa shape index (κ1) is 25.9. The standard InChI is InChI=1S/C22H26F3N7O4S2/c1-12-7-30(8-13-10-36-5-4-31(12)13)17-14-6-26-19(21-28-27-20(37-21)18(24)25)32(14)9-15(16(17)23)38(34,35)29-22(11-33)2-3-22/h6,9,12-13,18,29,33H,2-5,7-8,10-11H2,1H3/t12-,13+/m0/s1. The van der Waals surface area contributed by atoms with Gasteiger partial charge in [-0.15, -0.1) is 10.2 Å². The van der Waals surface area contributed by atoms with Crippen LogP contribution in [0.1, 0.15) is 31.2 Å². The third kappa shape index (κ3) is 4.36. The van der Waals surface area contributed by atoms with Crippen molar-refractivity contribution in [3.63, 3.8) is 0 Å². The second kappa shape index (κ2) is 9.38. The Balaban J connectivity index is 1.51. The highest BCUT2D eigenvalue weighted by molar-refractivity contribution is 7.89. The van der Waals surface area contributed by atoms with E-state index in [1.54, 1.807) is 4.90 Å². The fourth-order valence-corrected chi connectivity index (χ4v) is 7.47. The van der Waals surface area contributed by atoms with Gasteiger partial charge in [-0.05, 0) is 19.8 Å². The Hall–Kier alpha value is -2.37. The maximum Gasteiger partial charge on any atom is 0.291 e. The molecule has 0 unspecified atom stereocenters. The van der Waals surface area contributed by atoms with E-state index in [0.717, 1.165) is 12.7 Å². The minimum atomic E-state index is -4.42. The second-order valence-corrected chi connectivity index (χ2v) is 12.7. The first-order valence-corrected chi connectivity index (χ1v) is 14.5. The molecule has 0 radical (unpaired) electrons. The monoisotopic (exact) mass is 573 g/mol. The first-order chi connectivity index (χ1) is 18.1. The second-order valence-electron chi connectivity index (χ2n) is 10.0. The summed E-state index contributed by atoms with van der Waals surface area (Å²) >= 11 is 0.627. The van der Waals surface area contributed by atoms with Crippen molar-refractivity contribution in [1.29, 1.82) is 0 Å². The molecule has 0 aromatic carbocycles. The summed E-state index contributed by atoms with van der Waals surface area (Å²) in [6, 6.07) is 0.0207. The van der Waals surface area contributed by atoms with Crippen LogP contribution in [-0.2, 0) is 14.8 Å². The van der Waals surface area contributed by atoms with Crippen molar-refractivity contribution in [1.82, 2.24) is 29.2 Å². The largest absolute Gasteiger partial charge is 0.394 e. The van der Waals surface area contributed by atoms with Crippen LogP contribution in [0.25, 0.3) is 16.3 Å². The van der Waals surface area contributed by atoms with Crippen molar-refractivity contribution in [2.45, 2.75) is 48.7 Å². The van der Waals surface area contributed by atoms with Gasteiger partial charge in [-0.3, -0.25) is 9.30 Å². The lowest BCUT2D eigenvalue weighted by atomic mass is 10.1. The lowest BCUT2D eigenvalue weighted by Crippen LogP contribution is -2.62. The molecule has 0 amide bonds. The molecule has 38 heavy (non-hydrogen) atoms. The highest BCUT2D eigenvalue weighted by Crippen LogP contribution is 2.40. The number of rotatable bonds is 7. The summed E-state index contributed by atoms with van der Waals surface area (Å²) in [6.07, 6.45) is 0.491. The fraction of sp³-hybridized carbons (Fsp3) is 0.591. The number of hydrogen-bond donors (Lipinski definition) is 2. The van der Waals surface area contributed by atoms with Crippen LogP contribution in [0.4, 0.5) is 18.9 Å². The zero-order chi connectivity index (χ0) is 26.8. The van der Waals surface area contributed by atoms with E-state index in [2.05, 4.69) is 24.8 Å². The fourth-order valence-electron chi connectivity index (χ4n) is 5.25. The molecule has 3 fully saturated rings. The lowest BCUT2D eigenvalue weighted by Gasteiger charge is -2.48. The van der Waals surface area contributed by atoms with Crippen LogP contribution in [0.3, 0.4) is 0 Å². The topological polar surface area (TPSA) is 125 Å². The number of aliphatic hydroxyl groups excluding tert-OH is 1. The highest BCUT2D eigenvalue weighted by atomic mass is 32.2. The van der Waals surface area contributed by atoms with Crippen LogP contribution in [0.15, 0.2) is 17.3 Å². The number of aromatic nitrogens is 4. The molecule has 1 saturated carbocycles. The van der Waals surface area contributed by atoms with E-state index in [9.17, 15) is 22.3 Å². The predicted molar refractivity (Wildman–Crippen MR) is 131 cm³/mol. The van der Waals surface area contributed by atoms with Gasteiger partial charge in [0, 0.05) is 31.9 Å². The molecule has 3 aliphatic rings. The van der Waals surface area contributed by atoms with Crippen LogP contribution in [0.2, 0.25) is 0 Å². The smallest absolute Gasteiger partial charge is 0.291 e. The molecule has 1 aliphatic carbocycles. The number of anilines is 1. The molecule has 3 aromatic rings. The van der Waals surface area contributed by atoms with Gasteiger partial charge in [0.25, 0.3) is 6.43 Å². The van der Waals surface area contributed by atoms with Gasteiger partial charge < -0.3 is 14.7 Å². The van der Waals surface area contributed by atoms with Gasteiger partial charge >= 0.3 is 0 Å².